The molecule has 15 heavy (non-hydrogen) atoms. The molecule has 6 heteroatoms. The van der Waals surface area contributed by atoms with Crippen LogP contribution in [0.5, 0.6) is 0 Å². The lowest BCUT2D eigenvalue weighted by atomic mass is 10.2. The van der Waals surface area contributed by atoms with Crippen LogP contribution in [0.2, 0.25) is 0 Å². The quantitative estimate of drug-likeness (QED) is 0.734. The molecule has 0 aliphatic carbocycles. The Morgan fingerprint density at radius 2 is 2.53 bits per heavy atom. The van der Waals surface area contributed by atoms with E-state index < -0.39 is 6.09 Å². The molecule has 0 spiro atoms. The number of fused-ring (bicyclic) bond motifs is 1. The zero-order valence-electron chi connectivity index (χ0n) is 7.75. The summed E-state index contributed by atoms with van der Waals surface area (Å²) in [6.07, 6.45) is 3.11. The third-order valence-electron chi connectivity index (χ3n) is 2.29. The first-order valence-electron chi connectivity index (χ1n) is 4.56. The molecule has 0 saturated carbocycles. The molecule has 3 rings (SSSR count). The van der Waals surface area contributed by atoms with Crippen LogP contribution in [-0.4, -0.2) is 27.3 Å². The Morgan fingerprint density at radius 1 is 1.60 bits per heavy atom. The second-order valence-electron chi connectivity index (χ2n) is 3.29. The number of carbonyl (C=O) groups excluding carboxylic acids is 1. The number of hydrogen-bond acceptors (Lipinski definition) is 4. The van der Waals surface area contributed by atoms with Gasteiger partial charge in [-0.15, -0.1) is 0 Å². The molecule has 1 amide bonds. The molecule has 0 bridgehead atoms. The minimum atomic E-state index is -0.398. The minimum absolute atomic E-state index is 0.167. The van der Waals surface area contributed by atoms with Crippen LogP contribution in [0.15, 0.2) is 24.5 Å². The molecule has 76 valence electrons. The van der Waals surface area contributed by atoms with Crippen molar-refractivity contribution in [3.63, 3.8) is 0 Å². The number of nitrogens with one attached hydrogen (secondary N) is 1. The molecule has 1 aliphatic heterocycles. The smallest absolute Gasteiger partial charge is 0.407 e. The van der Waals surface area contributed by atoms with Crippen molar-refractivity contribution in [2.75, 3.05) is 6.61 Å². The largest absolute Gasteiger partial charge is 0.447 e. The van der Waals surface area contributed by atoms with Crippen molar-refractivity contribution in [2.24, 2.45) is 0 Å². The number of nitrogens with zero attached hydrogens (tertiary/aromatic N) is 3. The van der Waals surface area contributed by atoms with Crippen molar-refractivity contribution in [1.82, 2.24) is 19.9 Å². The normalized spacial score (nSPS) is 20.3. The van der Waals surface area contributed by atoms with Crippen LogP contribution >= 0.6 is 0 Å². The molecule has 0 radical (unpaired) electrons. The maximum atomic E-state index is 10.9. The standard InChI is InChI=1S/C9H8N4O2/c14-9-11-7(5-15-9)6-4-8-10-2-1-3-13(8)12-6/h1-4,7H,5H2,(H,11,14). The predicted molar refractivity (Wildman–Crippen MR) is 50.2 cm³/mol. The molecule has 1 N–H and O–H groups in total. The Bertz CT molecular complexity index is 489. The van der Waals surface area contributed by atoms with Crippen LogP contribution in [0.1, 0.15) is 11.7 Å². The van der Waals surface area contributed by atoms with Crippen molar-refractivity contribution in [2.45, 2.75) is 6.04 Å². The van der Waals surface area contributed by atoms with Crippen molar-refractivity contribution in [1.29, 1.82) is 0 Å². The van der Waals surface area contributed by atoms with Crippen LogP contribution < -0.4 is 5.32 Å². The maximum Gasteiger partial charge on any atom is 0.407 e. The molecular formula is C9H8N4O2. The summed E-state index contributed by atoms with van der Waals surface area (Å²) in [5.41, 5.74) is 1.52. The van der Waals surface area contributed by atoms with Crippen LogP contribution in [0.25, 0.3) is 5.65 Å². The summed E-state index contributed by atoms with van der Waals surface area (Å²) in [5, 5.41) is 6.95. The lowest BCUT2D eigenvalue weighted by Gasteiger charge is -2.00. The van der Waals surface area contributed by atoms with Gasteiger partial charge in [0, 0.05) is 18.5 Å². The number of amides is 1. The van der Waals surface area contributed by atoms with Gasteiger partial charge in [0.25, 0.3) is 0 Å². The summed E-state index contributed by atoms with van der Waals surface area (Å²) in [6.45, 7) is 0.322. The summed E-state index contributed by atoms with van der Waals surface area (Å²) in [4.78, 5) is 15.0. The van der Waals surface area contributed by atoms with Gasteiger partial charge in [-0.05, 0) is 6.07 Å². The summed E-state index contributed by atoms with van der Waals surface area (Å²) < 4.78 is 6.46. The van der Waals surface area contributed by atoms with Gasteiger partial charge in [-0.25, -0.2) is 14.3 Å². The Balaban J connectivity index is 2.01. The number of rotatable bonds is 1. The summed E-state index contributed by atoms with van der Waals surface area (Å²) in [5.74, 6) is 0. The molecule has 6 nitrogen and oxygen atoms in total. The van der Waals surface area contributed by atoms with Crippen molar-refractivity contribution in [3.8, 4) is 0 Å². The Morgan fingerprint density at radius 3 is 3.27 bits per heavy atom. The van der Waals surface area contributed by atoms with E-state index in [1.54, 1.807) is 16.8 Å². The highest BCUT2D eigenvalue weighted by Gasteiger charge is 2.26. The van der Waals surface area contributed by atoms with E-state index in [0.717, 1.165) is 11.3 Å². The second-order valence-corrected chi connectivity index (χ2v) is 3.29. The van der Waals surface area contributed by atoms with E-state index in [-0.39, 0.29) is 6.04 Å². The van der Waals surface area contributed by atoms with Crippen LogP contribution in [0, 0.1) is 0 Å². The van der Waals surface area contributed by atoms with Gasteiger partial charge in [-0.2, -0.15) is 5.10 Å². The van der Waals surface area contributed by atoms with Gasteiger partial charge in [-0.1, -0.05) is 0 Å². The van der Waals surface area contributed by atoms with Gasteiger partial charge >= 0.3 is 6.09 Å². The molecule has 1 saturated heterocycles. The number of cyclic esters (lactones) is 1. The molecule has 2 aromatic heterocycles. The zero-order chi connectivity index (χ0) is 10.3. The zero-order valence-corrected chi connectivity index (χ0v) is 7.75. The van der Waals surface area contributed by atoms with E-state index in [2.05, 4.69) is 15.4 Å². The van der Waals surface area contributed by atoms with E-state index in [0.29, 0.717) is 6.61 Å². The Labute approximate surface area is 84.9 Å². The first-order valence-corrected chi connectivity index (χ1v) is 4.56. The van der Waals surface area contributed by atoms with Crippen LogP contribution in [-0.2, 0) is 4.74 Å². The highest BCUT2D eigenvalue weighted by molar-refractivity contribution is 5.70. The van der Waals surface area contributed by atoms with Crippen LogP contribution in [0.3, 0.4) is 0 Å². The average Bonchev–Trinajstić information content (AvgIpc) is 2.82. The first-order chi connectivity index (χ1) is 7.33. The lowest BCUT2D eigenvalue weighted by Crippen LogP contribution is -2.18. The van der Waals surface area contributed by atoms with Crippen molar-refractivity contribution < 1.29 is 9.53 Å². The molecule has 1 aliphatic rings. The van der Waals surface area contributed by atoms with E-state index in [9.17, 15) is 4.79 Å². The summed E-state index contributed by atoms with van der Waals surface area (Å²) in [6, 6.07) is 3.46. The maximum absolute atomic E-state index is 10.9. The van der Waals surface area contributed by atoms with E-state index in [1.807, 2.05) is 12.3 Å². The van der Waals surface area contributed by atoms with Gasteiger partial charge in [-0.3, -0.25) is 0 Å². The molecule has 1 unspecified atom stereocenters. The van der Waals surface area contributed by atoms with E-state index in [1.165, 1.54) is 0 Å². The Hall–Kier alpha value is -2.11. The number of alkyl carbamates (subject to hydrolysis) is 1. The highest BCUT2D eigenvalue weighted by atomic mass is 16.6. The number of carbonyl (C=O) groups is 1. The number of ether oxygens (including phenoxy) is 1. The van der Waals surface area contributed by atoms with Gasteiger partial charge < -0.3 is 10.1 Å². The fraction of sp³-hybridized carbons (Fsp3) is 0.222. The second kappa shape index (κ2) is 2.94. The molecule has 1 atom stereocenters. The summed E-state index contributed by atoms with van der Waals surface area (Å²) >= 11 is 0. The summed E-state index contributed by atoms with van der Waals surface area (Å²) in [7, 11) is 0. The SMILES string of the molecule is O=C1NC(c2cc3ncccn3n2)CO1. The van der Waals surface area contributed by atoms with Gasteiger partial charge in [0.2, 0.25) is 0 Å². The first kappa shape index (κ1) is 8.22. The Kier molecular flexibility index (Phi) is 1.61. The van der Waals surface area contributed by atoms with Gasteiger partial charge in [0.05, 0.1) is 5.69 Å². The molecule has 0 aromatic carbocycles. The van der Waals surface area contributed by atoms with Gasteiger partial charge in [0.1, 0.15) is 12.6 Å². The predicted octanol–water partition coefficient (Wildman–Crippen LogP) is 0.510. The highest BCUT2D eigenvalue weighted by Crippen LogP contribution is 2.17. The number of aromatic nitrogens is 3. The lowest BCUT2D eigenvalue weighted by molar-refractivity contribution is 0.177. The number of hydrogen-bond donors (Lipinski definition) is 1. The molecule has 3 heterocycles. The molecule has 2 aromatic rings. The molecular weight excluding hydrogens is 196 g/mol. The monoisotopic (exact) mass is 204 g/mol. The topological polar surface area (TPSA) is 68.5 Å². The average molecular weight is 204 g/mol. The van der Waals surface area contributed by atoms with E-state index >= 15 is 0 Å². The third kappa shape index (κ3) is 1.30. The van der Waals surface area contributed by atoms with Crippen molar-refractivity contribution >= 4 is 11.7 Å². The van der Waals surface area contributed by atoms with Gasteiger partial charge in [0.15, 0.2) is 5.65 Å². The third-order valence-corrected chi connectivity index (χ3v) is 2.29. The molecule has 1 fully saturated rings. The fourth-order valence-corrected chi connectivity index (χ4v) is 1.56. The van der Waals surface area contributed by atoms with Crippen molar-refractivity contribution in [3.05, 3.63) is 30.2 Å². The minimum Gasteiger partial charge on any atom is -0.447 e. The van der Waals surface area contributed by atoms with Crippen LogP contribution in [0.4, 0.5) is 4.79 Å². The fourth-order valence-electron chi connectivity index (χ4n) is 1.56. The van der Waals surface area contributed by atoms with E-state index in [4.69, 9.17) is 4.74 Å².